The molecule has 1 unspecified atom stereocenters. The standard InChI is InChI=1S/C28H30N4O4/c33-24(19-5-6-19)31-15-13-30(14-16-31)23-8-7-20(17-29-23)27(9-10-27)26(35)32-12-11-28(18-32)22-4-2-1-3-21(22)25(34)36-28/h1-4,7-8,17,19H,5-6,9-16,18H2. The van der Waals surface area contributed by atoms with Crippen LogP contribution >= 0.6 is 0 Å². The van der Waals surface area contributed by atoms with Crippen LogP contribution in [0.2, 0.25) is 0 Å². The maximum Gasteiger partial charge on any atom is 0.339 e. The molecular weight excluding hydrogens is 456 g/mol. The van der Waals surface area contributed by atoms with Crippen LogP contribution in [0.5, 0.6) is 0 Å². The Hall–Kier alpha value is -3.42. The number of anilines is 1. The molecule has 2 aromatic rings. The van der Waals surface area contributed by atoms with E-state index in [1.54, 1.807) is 6.07 Å². The Morgan fingerprint density at radius 2 is 1.69 bits per heavy atom. The summed E-state index contributed by atoms with van der Waals surface area (Å²) in [5.41, 5.74) is 1.24. The Bertz CT molecular complexity index is 1240. The summed E-state index contributed by atoms with van der Waals surface area (Å²) in [4.78, 5) is 49.3. The fourth-order valence-electron chi connectivity index (χ4n) is 6.26. The van der Waals surface area contributed by atoms with Crippen LogP contribution in [0.15, 0.2) is 42.6 Å². The number of rotatable bonds is 4. The molecule has 1 atom stereocenters. The fraction of sp³-hybridized carbons (Fsp3) is 0.500. The van der Waals surface area contributed by atoms with E-state index in [9.17, 15) is 14.4 Å². The van der Waals surface area contributed by atoms with Gasteiger partial charge in [0.2, 0.25) is 11.8 Å². The number of hydrogen-bond donors (Lipinski definition) is 0. The molecule has 8 heteroatoms. The van der Waals surface area contributed by atoms with E-state index in [4.69, 9.17) is 9.72 Å². The summed E-state index contributed by atoms with van der Waals surface area (Å²) in [6.45, 7) is 4.04. The molecule has 2 saturated heterocycles. The van der Waals surface area contributed by atoms with Crippen molar-refractivity contribution in [3.63, 3.8) is 0 Å². The largest absolute Gasteiger partial charge is 0.449 e. The second-order valence-electron chi connectivity index (χ2n) is 11.0. The van der Waals surface area contributed by atoms with Gasteiger partial charge in [-0.3, -0.25) is 9.59 Å². The van der Waals surface area contributed by atoms with Crippen molar-refractivity contribution in [2.24, 2.45) is 5.92 Å². The van der Waals surface area contributed by atoms with Gasteiger partial charge in [-0.15, -0.1) is 0 Å². The molecule has 3 aliphatic heterocycles. The molecule has 4 heterocycles. The zero-order chi connectivity index (χ0) is 24.5. The van der Waals surface area contributed by atoms with E-state index in [-0.39, 0.29) is 17.8 Å². The van der Waals surface area contributed by atoms with Crippen LogP contribution in [-0.2, 0) is 25.3 Å². The van der Waals surface area contributed by atoms with Crippen LogP contribution in [0, 0.1) is 5.92 Å². The minimum Gasteiger partial charge on any atom is -0.449 e. The van der Waals surface area contributed by atoms with Crippen molar-refractivity contribution >= 4 is 23.6 Å². The number of nitrogens with zero attached hydrogens (tertiary/aromatic N) is 4. The number of pyridine rings is 1. The molecule has 0 bridgehead atoms. The summed E-state index contributed by atoms with van der Waals surface area (Å²) in [5.74, 6) is 1.30. The highest BCUT2D eigenvalue weighted by Crippen LogP contribution is 2.52. The Balaban J connectivity index is 1.03. The number of aromatic nitrogens is 1. The van der Waals surface area contributed by atoms with Crippen molar-refractivity contribution in [1.29, 1.82) is 0 Å². The minimum absolute atomic E-state index is 0.113. The second kappa shape index (κ2) is 7.79. The number of esters is 1. The minimum atomic E-state index is -0.718. The number of fused-ring (bicyclic) bond motifs is 2. The molecular formula is C28H30N4O4. The predicted octanol–water partition coefficient (Wildman–Crippen LogP) is 2.47. The summed E-state index contributed by atoms with van der Waals surface area (Å²) < 4.78 is 5.85. The highest BCUT2D eigenvalue weighted by molar-refractivity contribution is 5.96. The van der Waals surface area contributed by atoms with Crippen molar-refractivity contribution < 1.29 is 19.1 Å². The molecule has 1 aromatic carbocycles. The summed E-state index contributed by atoms with van der Waals surface area (Å²) in [6.07, 6.45) is 6.20. The molecule has 2 aliphatic carbocycles. The number of hydrogen-bond acceptors (Lipinski definition) is 6. The Morgan fingerprint density at radius 3 is 2.39 bits per heavy atom. The number of carbonyl (C=O) groups excluding carboxylic acids is 3. The SMILES string of the molecule is O=C1OC2(CCN(C(=O)C3(c4ccc(N5CCN(C(=O)C6CC6)CC5)nc4)CC3)C2)c2ccccc21. The fourth-order valence-corrected chi connectivity index (χ4v) is 6.26. The van der Waals surface area contributed by atoms with Crippen molar-refractivity contribution in [3.8, 4) is 0 Å². The van der Waals surface area contributed by atoms with E-state index in [0.29, 0.717) is 31.0 Å². The molecule has 1 aromatic heterocycles. The molecule has 5 aliphatic rings. The lowest BCUT2D eigenvalue weighted by Gasteiger charge is -2.35. The first-order valence-electron chi connectivity index (χ1n) is 13.1. The van der Waals surface area contributed by atoms with Crippen molar-refractivity contribution in [2.75, 3.05) is 44.2 Å². The van der Waals surface area contributed by atoms with E-state index >= 15 is 0 Å². The maximum absolute atomic E-state index is 13.7. The number of amides is 2. The van der Waals surface area contributed by atoms with Gasteiger partial charge in [0.25, 0.3) is 0 Å². The maximum atomic E-state index is 13.7. The van der Waals surface area contributed by atoms with Gasteiger partial charge in [-0.1, -0.05) is 24.3 Å². The first kappa shape index (κ1) is 21.8. The van der Waals surface area contributed by atoms with E-state index < -0.39 is 11.0 Å². The number of likely N-dealkylation sites (tertiary alicyclic amines) is 1. The van der Waals surface area contributed by atoms with Crippen LogP contribution in [0.25, 0.3) is 0 Å². The molecule has 8 nitrogen and oxygen atoms in total. The quantitative estimate of drug-likeness (QED) is 0.618. The van der Waals surface area contributed by atoms with E-state index in [0.717, 1.165) is 68.8 Å². The topological polar surface area (TPSA) is 83.0 Å². The van der Waals surface area contributed by atoms with Gasteiger partial charge in [0, 0.05) is 56.8 Å². The molecule has 2 amide bonds. The smallest absolute Gasteiger partial charge is 0.339 e. The normalized spacial score (nSPS) is 26.2. The van der Waals surface area contributed by atoms with E-state index in [2.05, 4.69) is 4.90 Å². The van der Waals surface area contributed by atoms with Crippen LogP contribution in [0.3, 0.4) is 0 Å². The van der Waals surface area contributed by atoms with Gasteiger partial charge in [0.15, 0.2) is 5.60 Å². The highest BCUT2D eigenvalue weighted by atomic mass is 16.6. The number of piperazine rings is 1. The van der Waals surface area contributed by atoms with Gasteiger partial charge in [-0.05, 0) is 43.4 Å². The van der Waals surface area contributed by atoms with Crippen molar-refractivity contribution in [1.82, 2.24) is 14.8 Å². The molecule has 0 N–H and O–H groups in total. The number of carbonyl (C=O) groups is 3. The van der Waals surface area contributed by atoms with Crippen LogP contribution in [0.1, 0.15) is 53.6 Å². The summed E-state index contributed by atoms with van der Waals surface area (Å²) >= 11 is 0. The van der Waals surface area contributed by atoms with Gasteiger partial charge in [0.1, 0.15) is 5.82 Å². The Labute approximate surface area is 210 Å². The molecule has 1 spiro atoms. The molecule has 0 radical (unpaired) electrons. The van der Waals surface area contributed by atoms with Crippen LogP contribution in [0.4, 0.5) is 5.82 Å². The van der Waals surface area contributed by atoms with Gasteiger partial charge in [-0.2, -0.15) is 0 Å². The first-order chi connectivity index (χ1) is 17.5. The third-order valence-corrected chi connectivity index (χ3v) is 8.75. The molecule has 2 saturated carbocycles. The average molecular weight is 487 g/mol. The summed E-state index contributed by atoms with van der Waals surface area (Å²) in [7, 11) is 0. The third kappa shape index (κ3) is 3.33. The molecule has 7 rings (SSSR count). The first-order valence-corrected chi connectivity index (χ1v) is 13.1. The highest BCUT2D eigenvalue weighted by Gasteiger charge is 2.58. The average Bonchev–Trinajstić information content (AvgIpc) is 3.85. The predicted molar refractivity (Wildman–Crippen MR) is 131 cm³/mol. The second-order valence-corrected chi connectivity index (χ2v) is 11.0. The van der Waals surface area contributed by atoms with E-state index in [1.807, 2.05) is 46.3 Å². The lowest BCUT2D eigenvalue weighted by atomic mass is 9.91. The van der Waals surface area contributed by atoms with Crippen molar-refractivity contribution in [3.05, 3.63) is 59.3 Å². The van der Waals surface area contributed by atoms with Crippen molar-refractivity contribution in [2.45, 2.75) is 43.1 Å². The lowest BCUT2D eigenvalue weighted by Crippen LogP contribution is -2.49. The molecule has 36 heavy (non-hydrogen) atoms. The zero-order valence-corrected chi connectivity index (χ0v) is 20.3. The van der Waals surface area contributed by atoms with Crippen LogP contribution < -0.4 is 4.90 Å². The third-order valence-electron chi connectivity index (χ3n) is 8.75. The number of ether oxygens (including phenoxy) is 1. The van der Waals surface area contributed by atoms with Gasteiger partial charge < -0.3 is 19.4 Å². The van der Waals surface area contributed by atoms with Gasteiger partial charge in [-0.25, -0.2) is 9.78 Å². The van der Waals surface area contributed by atoms with Gasteiger partial charge in [0.05, 0.1) is 17.5 Å². The Morgan fingerprint density at radius 1 is 0.917 bits per heavy atom. The lowest BCUT2D eigenvalue weighted by molar-refractivity contribution is -0.134. The monoisotopic (exact) mass is 486 g/mol. The van der Waals surface area contributed by atoms with E-state index in [1.165, 1.54) is 0 Å². The summed E-state index contributed by atoms with van der Waals surface area (Å²) in [5, 5.41) is 0. The zero-order valence-electron chi connectivity index (χ0n) is 20.3. The Kier molecular flexibility index (Phi) is 4.72. The number of benzene rings is 1. The van der Waals surface area contributed by atoms with Gasteiger partial charge >= 0.3 is 5.97 Å². The molecule has 186 valence electrons. The molecule has 4 fully saturated rings. The van der Waals surface area contributed by atoms with Crippen LogP contribution in [-0.4, -0.2) is 71.8 Å². The summed E-state index contributed by atoms with van der Waals surface area (Å²) in [6, 6.07) is 11.6.